The molecule has 1 unspecified atom stereocenters. The lowest BCUT2D eigenvalue weighted by atomic mass is 10.00. The Kier molecular flexibility index (Phi) is 4.85. The normalized spacial score (nSPS) is 17.0. The summed E-state index contributed by atoms with van der Waals surface area (Å²) in [5.41, 5.74) is 8.35. The lowest BCUT2D eigenvalue weighted by molar-refractivity contribution is -0.137. The van der Waals surface area contributed by atoms with Crippen LogP contribution in [0.5, 0.6) is 0 Å². The molecule has 1 amide bonds. The van der Waals surface area contributed by atoms with Gasteiger partial charge >= 0.3 is 6.18 Å². The molecule has 3 heterocycles. The van der Waals surface area contributed by atoms with Gasteiger partial charge in [0.1, 0.15) is 5.82 Å². The van der Waals surface area contributed by atoms with Crippen LogP contribution < -0.4 is 11.1 Å². The van der Waals surface area contributed by atoms with Crippen LogP contribution >= 0.6 is 0 Å². The van der Waals surface area contributed by atoms with Crippen molar-refractivity contribution >= 4 is 22.6 Å². The van der Waals surface area contributed by atoms with Crippen molar-refractivity contribution in [3.63, 3.8) is 0 Å². The number of nitrogens with two attached hydrogens (primary N) is 1. The van der Waals surface area contributed by atoms with Gasteiger partial charge in [-0.05, 0) is 49.7 Å². The van der Waals surface area contributed by atoms with Gasteiger partial charge in [0.25, 0.3) is 5.91 Å². The second-order valence-electron chi connectivity index (χ2n) is 7.24. The molecule has 3 aromatic rings. The maximum Gasteiger partial charge on any atom is 0.417 e. The summed E-state index contributed by atoms with van der Waals surface area (Å²) in [7, 11) is 0. The maximum atomic E-state index is 12.7. The minimum atomic E-state index is -4.46. The van der Waals surface area contributed by atoms with Crippen molar-refractivity contribution in [2.75, 3.05) is 5.73 Å². The SMILES string of the molecule is CC(NC(=O)c1ccc2nc(N)c3c(c2c1)CO[C@@H]3C)c1ccc(C(F)(F)F)cn1. The first-order valence-electron chi connectivity index (χ1n) is 9.32. The van der Waals surface area contributed by atoms with Crippen molar-refractivity contribution in [1.29, 1.82) is 0 Å². The quantitative estimate of drug-likeness (QED) is 0.664. The Bertz CT molecular complexity index is 1130. The van der Waals surface area contributed by atoms with E-state index in [1.54, 1.807) is 25.1 Å². The molecular weight excluding hydrogens is 397 g/mol. The number of amides is 1. The number of rotatable bonds is 3. The zero-order chi connectivity index (χ0) is 21.6. The number of carbonyl (C=O) groups excluding carboxylic acids is 1. The van der Waals surface area contributed by atoms with Crippen LogP contribution in [0.1, 0.15) is 58.7 Å². The maximum absolute atomic E-state index is 12.7. The van der Waals surface area contributed by atoms with Gasteiger partial charge in [-0.2, -0.15) is 13.2 Å². The molecule has 0 radical (unpaired) electrons. The Morgan fingerprint density at radius 2 is 2.07 bits per heavy atom. The van der Waals surface area contributed by atoms with Crippen LogP contribution in [0, 0.1) is 0 Å². The Hall–Kier alpha value is -3.20. The first kappa shape index (κ1) is 20.1. The fraction of sp³-hybridized carbons (Fsp3) is 0.286. The minimum Gasteiger partial charge on any atom is -0.383 e. The molecule has 0 saturated carbocycles. The third-order valence-corrected chi connectivity index (χ3v) is 5.21. The topological polar surface area (TPSA) is 90.1 Å². The van der Waals surface area contributed by atoms with Crippen molar-refractivity contribution in [3.8, 4) is 0 Å². The van der Waals surface area contributed by atoms with E-state index in [9.17, 15) is 18.0 Å². The number of alkyl halides is 3. The van der Waals surface area contributed by atoms with E-state index in [0.717, 1.165) is 28.8 Å². The van der Waals surface area contributed by atoms with E-state index in [1.165, 1.54) is 6.07 Å². The molecule has 30 heavy (non-hydrogen) atoms. The van der Waals surface area contributed by atoms with Crippen LogP contribution in [0.25, 0.3) is 10.9 Å². The number of halogens is 3. The average molecular weight is 416 g/mol. The highest BCUT2D eigenvalue weighted by Gasteiger charge is 2.31. The highest BCUT2D eigenvalue weighted by Crippen LogP contribution is 2.38. The number of fused-ring (bicyclic) bond motifs is 3. The third kappa shape index (κ3) is 3.56. The molecule has 0 saturated heterocycles. The molecule has 2 aromatic heterocycles. The van der Waals surface area contributed by atoms with Gasteiger partial charge in [0.2, 0.25) is 0 Å². The van der Waals surface area contributed by atoms with E-state index in [-0.39, 0.29) is 12.0 Å². The molecule has 6 nitrogen and oxygen atoms in total. The first-order valence-corrected chi connectivity index (χ1v) is 9.32. The van der Waals surface area contributed by atoms with E-state index in [1.807, 2.05) is 6.92 Å². The number of ether oxygens (including phenoxy) is 1. The van der Waals surface area contributed by atoms with Crippen molar-refractivity contribution in [1.82, 2.24) is 15.3 Å². The van der Waals surface area contributed by atoms with Crippen LogP contribution in [0.15, 0.2) is 36.5 Å². The number of nitrogens with one attached hydrogen (secondary N) is 1. The molecule has 9 heteroatoms. The molecule has 4 rings (SSSR count). The summed E-state index contributed by atoms with van der Waals surface area (Å²) >= 11 is 0. The Morgan fingerprint density at radius 3 is 2.73 bits per heavy atom. The molecule has 0 aliphatic carbocycles. The summed E-state index contributed by atoms with van der Waals surface area (Å²) in [6, 6.07) is 6.69. The van der Waals surface area contributed by atoms with Gasteiger partial charge in [0, 0.05) is 22.7 Å². The summed E-state index contributed by atoms with van der Waals surface area (Å²) in [5.74, 6) is 0.0466. The van der Waals surface area contributed by atoms with Crippen LogP contribution in [0.3, 0.4) is 0 Å². The monoisotopic (exact) mass is 416 g/mol. The number of nitrogens with zero attached hydrogens (tertiary/aromatic N) is 2. The van der Waals surface area contributed by atoms with Crippen LogP contribution in [-0.4, -0.2) is 15.9 Å². The van der Waals surface area contributed by atoms with Crippen LogP contribution in [0.2, 0.25) is 0 Å². The predicted molar refractivity (Wildman–Crippen MR) is 104 cm³/mol. The van der Waals surface area contributed by atoms with Gasteiger partial charge in [-0.1, -0.05) is 0 Å². The van der Waals surface area contributed by atoms with Gasteiger partial charge in [-0.3, -0.25) is 9.78 Å². The summed E-state index contributed by atoms with van der Waals surface area (Å²) < 4.78 is 43.7. The van der Waals surface area contributed by atoms with Gasteiger partial charge in [-0.25, -0.2) is 4.98 Å². The summed E-state index contributed by atoms with van der Waals surface area (Å²) in [5, 5.41) is 3.55. The van der Waals surface area contributed by atoms with E-state index in [4.69, 9.17) is 10.5 Å². The second kappa shape index (κ2) is 7.24. The number of hydrogen-bond acceptors (Lipinski definition) is 5. The molecule has 3 N–H and O–H groups in total. The van der Waals surface area contributed by atoms with E-state index in [2.05, 4.69) is 15.3 Å². The highest BCUT2D eigenvalue weighted by molar-refractivity contribution is 5.99. The number of benzene rings is 1. The molecule has 1 aliphatic rings. The van der Waals surface area contributed by atoms with E-state index in [0.29, 0.717) is 29.2 Å². The Balaban J connectivity index is 1.58. The Labute approximate surface area is 170 Å². The standard InChI is InChI=1S/C21H19F3N4O2/c1-10(16-6-4-13(8-26-16)21(22,23)24)27-20(29)12-3-5-17-14(7-12)15-9-30-11(2)18(15)19(25)28-17/h3-8,10-11H,9H2,1-2H3,(H2,25,28)(H,27,29)/t10?,11-/m1/s1. The number of nitrogen functional groups attached to an aromatic ring is 1. The van der Waals surface area contributed by atoms with Crippen molar-refractivity contribution < 1.29 is 22.7 Å². The van der Waals surface area contributed by atoms with Crippen LogP contribution in [0.4, 0.5) is 19.0 Å². The first-order chi connectivity index (χ1) is 14.1. The van der Waals surface area contributed by atoms with E-state index >= 15 is 0 Å². The van der Waals surface area contributed by atoms with E-state index < -0.39 is 17.8 Å². The number of aromatic nitrogens is 2. The fourth-order valence-electron chi connectivity index (χ4n) is 3.59. The van der Waals surface area contributed by atoms with Crippen molar-refractivity contribution in [2.45, 2.75) is 38.8 Å². The fourth-order valence-corrected chi connectivity index (χ4v) is 3.59. The summed E-state index contributed by atoms with van der Waals surface area (Å²) in [6.45, 7) is 3.94. The molecule has 0 spiro atoms. The van der Waals surface area contributed by atoms with Crippen LogP contribution in [-0.2, 0) is 17.5 Å². The van der Waals surface area contributed by atoms with Gasteiger partial charge in [-0.15, -0.1) is 0 Å². The third-order valence-electron chi connectivity index (χ3n) is 5.21. The minimum absolute atomic E-state index is 0.167. The van der Waals surface area contributed by atoms with Gasteiger partial charge in [0.15, 0.2) is 0 Å². The zero-order valence-electron chi connectivity index (χ0n) is 16.2. The molecule has 1 aliphatic heterocycles. The second-order valence-corrected chi connectivity index (χ2v) is 7.24. The Morgan fingerprint density at radius 1 is 1.30 bits per heavy atom. The predicted octanol–water partition coefficient (Wildman–Crippen LogP) is 4.31. The van der Waals surface area contributed by atoms with Gasteiger partial charge in [0.05, 0.1) is 35.5 Å². The average Bonchev–Trinajstić information content (AvgIpc) is 3.10. The summed E-state index contributed by atoms with van der Waals surface area (Å²) in [6.07, 6.45) is -3.86. The van der Waals surface area contributed by atoms with Crippen molar-refractivity contribution in [3.05, 3.63) is 64.5 Å². The number of pyridine rings is 2. The number of hydrogen-bond donors (Lipinski definition) is 2. The largest absolute Gasteiger partial charge is 0.417 e. The number of anilines is 1. The molecule has 156 valence electrons. The molecule has 2 atom stereocenters. The number of carbonyl (C=O) groups is 1. The smallest absolute Gasteiger partial charge is 0.383 e. The highest BCUT2D eigenvalue weighted by atomic mass is 19.4. The molecule has 1 aromatic carbocycles. The van der Waals surface area contributed by atoms with Crippen molar-refractivity contribution in [2.24, 2.45) is 0 Å². The molecule has 0 fully saturated rings. The summed E-state index contributed by atoms with van der Waals surface area (Å²) in [4.78, 5) is 21.0. The van der Waals surface area contributed by atoms with Gasteiger partial charge < -0.3 is 15.8 Å². The molecular formula is C21H19F3N4O2. The molecule has 0 bridgehead atoms. The lowest BCUT2D eigenvalue weighted by Crippen LogP contribution is -2.27. The lowest BCUT2D eigenvalue weighted by Gasteiger charge is -2.15. The zero-order valence-corrected chi connectivity index (χ0v) is 16.2.